The molecule has 7 heteroatoms. The summed E-state index contributed by atoms with van der Waals surface area (Å²) in [6.45, 7) is 0.139. The van der Waals surface area contributed by atoms with Crippen LogP contribution in [0.15, 0.2) is 24.3 Å². The van der Waals surface area contributed by atoms with Crippen LogP contribution in [-0.4, -0.2) is 56.5 Å². The zero-order chi connectivity index (χ0) is 15.0. The first-order valence-corrected chi connectivity index (χ1v) is 8.64. The van der Waals surface area contributed by atoms with Gasteiger partial charge in [-0.15, -0.1) is 0 Å². The molecule has 1 aromatic carbocycles. The first kappa shape index (κ1) is 14.2. The number of rotatable bonds is 2. The molecular formula is C14H17NO5S. The van der Waals surface area contributed by atoms with Gasteiger partial charge in [-0.2, -0.15) is 0 Å². The number of para-hydroxylation sites is 2. The molecule has 2 aliphatic heterocycles. The predicted molar refractivity (Wildman–Crippen MR) is 76.2 cm³/mol. The lowest BCUT2D eigenvalue weighted by atomic mass is 10.2. The van der Waals surface area contributed by atoms with Crippen molar-refractivity contribution in [2.45, 2.75) is 18.6 Å². The Morgan fingerprint density at radius 3 is 2.67 bits per heavy atom. The van der Waals surface area contributed by atoms with Crippen LogP contribution < -0.4 is 9.47 Å². The van der Waals surface area contributed by atoms with Crippen molar-refractivity contribution in [3.8, 4) is 11.5 Å². The molecule has 1 fully saturated rings. The molecule has 114 valence electrons. The molecule has 0 spiro atoms. The lowest BCUT2D eigenvalue weighted by Crippen LogP contribution is -2.48. The number of carbonyl (C=O) groups excluding carboxylic acids is 1. The minimum atomic E-state index is -3.02. The smallest absolute Gasteiger partial charge is 0.267 e. The molecule has 0 saturated carbocycles. The second-order valence-electron chi connectivity index (χ2n) is 5.37. The Hall–Kier alpha value is -1.76. The highest BCUT2D eigenvalue weighted by Gasteiger charge is 2.37. The summed E-state index contributed by atoms with van der Waals surface area (Å²) in [7, 11) is -1.40. The van der Waals surface area contributed by atoms with Gasteiger partial charge in [0.25, 0.3) is 5.91 Å². The van der Waals surface area contributed by atoms with E-state index in [0.29, 0.717) is 17.9 Å². The van der Waals surface area contributed by atoms with Gasteiger partial charge in [-0.25, -0.2) is 8.42 Å². The van der Waals surface area contributed by atoms with Gasteiger partial charge in [-0.3, -0.25) is 4.79 Å². The van der Waals surface area contributed by atoms with Crippen molar-refractivity contribution in [1.82, 2.24) is 4.90 Å². The quantitative estimate of drug-likeness (QED) is 0.794. The van der Waals surface area contributed by atoms with E-state index in [2.05, 4.69) is 0 Å². The molecule has 2 aliphatic rings. The summed E-state index contributed by atoms with van der Waals surface area (Å²) in [5, 5.41) is 0. The van der Waals surface area contributed by atoms with E-state index in [1.54, 1.807) is 19.2 Å². The number of amides is 1. The molecule has 21 heavy (non-hydrogen) atoms. The fraction of sp³-hybridized carbons (Fsp3) is 0.500. The van der Waals surface area contributed by atoms with Crippen LogP contribution in [0.1, 0.15) is 6.42 Å². The highest BCUT2D eigenvalue weighted by Crippen LogP contribution is 2.31. The molecule has 0 aromatic heterocycles. The molecule has 0 radical (unpaired) electrons. The van der Waals surface area contributed by atoms with E-state index in [9.17, 15) is 13.2 Å². The number of benzene rings is 1. The average molecular weight is 311 g/mol. The summed E-state index contributed by atoms with van der Waals surface area (Å²) in [5.74, 6) is 1.08. The van der Waals surface area contributed by atoms with Gasteiger partial charge in [0.2, 0.25) is 6.10 Å². The molecule has 0 N–H and O–H groups in total. The summed E-state index contributed by atoms with van der Waals surface area (Å²) >= 11 is 0. The van der Waals surface area contributed by atoms with Crippen molar-refractivity contribution < 1.29 is 22.7 Å². The zero-order valence-electron chi connectivity index (χ0n) is 11.7. The fourth-order valence-corrected chi connectivity index (χ4v) is 4.40. The average Bonchev–Trinajstić information content (AvgIpc) is 2.85. The summed E-state index contributed by atoms with van der Waals surface area (Å²) < 4.78 is 34.2. The SMILES string of the molecule is CN(C(=O)[C@H]1COc2ccccc2O1)[C@H]1CCS(=O)(=O)C1. The van der Waals surface area contributed by atoms with E-state index in [0.717, 1.165) is 0 Å². The third kappa shape index (κ3) is 2.83. The third-order valence-corrected chi connectivity index (χ3v) is 5.64. The van der Waals surface area contributed by atoms with Crippen molar-refractivity contribution in [3.63, 3.8) is 0 Å². The Morgan fingerprint density at radius 1 is 1.29 bits per heavy atom. The Morgan fingerprint density at radius 2 is 2.00 bits per heavy atom. The summed E-state index contributed by atoms with van der Waals surface area (Å²) in [6.07, 6.45) is -0.248. The van der Waals surface area contributed by atoms with Crippen LogP contribution >= 0.6 is 0 Å². The molecular weight excluding hydrogens is 294 g/mol. The standard InChI is InChI=1S/C14H17NO5S/c1-15(10-6-7-21(17,18)9-10)14(16)13-8-19-11-4-2-3-5-12(11)20-13/h2-5,10,13H,6-9H2,1H3/t10-,13+/m0/s1. The summed E-state index contributed by atoms with van der Waals surface area (Å²) in [4.78, 5) is 13.9. The molecule has 1 aromatic rings. The van der Waals surface area contributed by atoms with Gasteiger partial charge in [0.1, 0.15) is 6.61 Å². The van der Waals surface area contributed by atoms with E-state index < -0.39 is 15.9 Å². The number of ether oxygens (including phenoxy) is 2. The first-order valence-electron chi connectivity index (χ1n) is 6.82. The van der Waals surface area contributed by atoms with Gasteiger partial charge in [0.05, 0.1) is 11.5 Å². The van der Waals surface area contributed by atoms with Crippen LogP contribution in [0.3, 0.4) is 0 Å². The lowest BCUT2D eigenvalue weighted by molar-refractivity contribution is -0.141. The molecule has 0 aliphatic carbocycles. The van der Waals surface area contributed by atoms with Gasteiger partial charge in [0.15, 0.2) is 21.3 Å². The number of likely N-dealkylation sites (N-methyl/N-ethyl adjacent to an activating group) is 1. The maximum Gasteiger partial charge on any atom is 0.267 e. The Balaban J connectivity index is 1.69. The summed E-state index contributed by atoms with van der Waals surface area (Å²) in [6, 6.07) is 6.89. The van der Waals surface area contributed by atoms with Crippen molar-refractivity contribution >= 4 is 15.7 Å². The monoisotopic (exact) mass is 311 g/mol. The predicted octanol–water partition coefficient (Wildman–Crippen LogP) is 0.472. The van der Waals surface area contributed by atoms with E-state index >= 15 is 0 Å². The Labute approximate surface area is 123 Å². The van der Waals surface area contributed by atoms with Gasteiger partial charge in [-0.1, -0.05) is 12.1 Å². The lowest BCUT2D eigenvalue weighted by Gasteiger charge is -2.31. The van der Waals surface area contributed by atoms with E-state index in [1.807, 2.05) is 12.1 Å². The van der Waals surface area contributed by atoms with Crippen LogP contribution in [0.4, 0.5) is 0 Å². The fourth-order valence-electron chi connectivity index (χ4n) is 2.63. The maximum atomic E-state index is 12.4. The second-order valence-corrected chi connectivity index (χ2v) is 7.60. The summed E-state index contributed by atoms with van der Waals surface area (Å²) in [5.41, 5.74) is 0. The largest absolute Gasteiger partial charge is 0.485 e. The molecule has 2 atom stereocenters. The third-order valence-electron chi connectivity index (χ3n) is 3.89. The van der Waals surface area contributed by atoms with Crippen molar-refractivity contribution in [2.24, 2.45) is 0 Å². The molecule has 0 bridgehead atoms. The molecule has 1 amide bonds. The number of nitrogens with zero attached hydrogens (tertiary/aromatic N) is 1. The maximum absolute atomic E-state index is 12.4. The Bertz CT molecular complexity index is 657. The zero-order valence-corrected chi connectivity index (χ0v) is 12.5. The van der Waals surface area contributed by atoms with Crippen LogP contribution in [0.25, 0.3) is 0 Å². The minimum absolute atomic E-state index is 0.0272. The highest BCUT2D eigenvalue weighted by molar-refractivity contribution is 7.91. The number of fused-ring (bicyclic) bond motifs is 1. The molecule has 6 nitrogen and oxygen atoms in total. The number of hydrogen-bond donors (Lipinski definition) is 0. The van der Waals surface area contributed by atoms with Crippen molar-refractivity contribution in [3.05, 3.63) is 24.3 Å². The number of carbonyl (C=O) groups is 1. The van der Waals surface area contributed by atoms with Gasteiger partial charge < -0.3 is 14.4 Å². The normalized spacial score (nSPS) is 26.3. The molecule has 1 saturated heterocycles. The topological polar surface area (TPSA) is 72.9 Å². The van der Waals surface area contributed by atoms with Crippen molar-refractivity contribution in [1.29, 1.82) is 0 Å². The molecule has 0 unspecified atom stereocenters. The number of sulfone groups is 1. The van der Waals surface area contributed by atoms with E-state index in [4.69, 9.17) is 9.47 Å². The van der Waals surface area contributed by atoms with Crippen LogP contribution in [0, 0.1) is 0 Å². The van der Waals surface area contributed by atoms with Crippen LogP contribution in [0.2, 0.25) is 0 Å². The van der Waals surface area contributed by atoms with E-state index in [-0.39, 0.29) is 30.1 Å². The van der Waals surface area contributed by atoms with E-state index in [1.165, 1.54) is 4.90 Å². The first-order chi connectivity index (χ1) is 9.96. The second kappa shape index (κ2) is 5.22. The number of hydrogen-bond acceptors (Lipinski definition) is 5. The Kier molecular flexibility index (Phi) is 3.52. The van der Waals surface area contributed by atoms with Gasteiger partial charge in [-0.05, 0) is 18.6 Å². The minimum Gasteiger partial charge on any atom is -0.485 e. The van der Waals surface area contributed by atoms with Crippen LogP contribution in [-0.2, 0) is 14.6 Å². The van der Waals surface area contributed by atoms with Gasteiger partial charge >= 0.3 is 0 Å². The van der Waals surface area contributed by atoms with Crippen LogP contribution in [0.5, 0.6) is 11.5 Å². The highest BCUT2D eigenvalue weighted by atomic mass is 32.2. The molecule has 2 heterocycles. The van der Waals surface area contributed by atoms with Gasteiger partial charge in [0, 0.05) is 13.1 Å². The molecule has 3 rings (SSSR count). The van der Waals surface area contributed by atoms with Crippen molar-refractivity contribution in [2.75, 3.05) is 25.2 Å².